The highest BCUT2D eigenvalue weighted by Crippen LogP contribution is 2.18. The number of aromatic amines is 1. The highest BCUT2D eigenvalue weighted by Gasteiger charge is 2.14. The number of amides is 1. The molecule has 1 heterocycles. The van der Waals surface area contributed by atoms with Crippen LogP contribution in [0.4, 0.5) is 15.9 Å². The maximum Gasteiger partial charge on any atom is 0.259 e. The van der Waals surface area contributed by atoms with Crippen molar-refractivity contribution in [3.8, 4) is 5.75 Å². The molecule has 0 spiro atoms. The molecular formula is C10H9FN4O2. The van der Waals surface area contributed by atoms with Crippen LogP contribution in [0.3, 0.4) is 0 Å². The Kier molecular flexibility index (Phi) is 2.65. The zero-order valence-electron chi connectivity index (χ0n) is 8.57. The van der Waals surface area contributed by atoms with Gasteiger partial charge in [0.15, 0.2) is 5.82 Å². The number of carbonyl (C=O) groups is 1. The minimum Gasteiger partial charge on any atom is -0.508 e. The summed E-state index contributed by atoms with van der Waals surface area (Å²) in [6, 6.07) is 3.24. The van der Waals surface area contributed by atoms with Gasteiger partial charge >= 0.3 is 0 Å². The fraction of sp³-hybridized carbons (Fsp3) is 0. The summed E-state index contributed by atoms with van der Waals surface area (Å²) in [5.41, 5.74) is 5.54. The van der Waals surface area contributed by atoms with E-state index in [0.717, 1.165) is 6.07 Å². The average Bonchev–Trinajstić information content (AvgIpc) is 2.64. The van der Waals surface area contributed by atoms with Gasteiger partial charge in [0, 0.05) is 6.07 Å². The minimum atomic E-state index is -0.819. The number of hydrogen-bond acceptors (Lipinski definition) is 4. The summed E-state index contributed by atoms with van der Waals surface area (Å²) in [6.07, 6.45) is 1.32. The SMILES string of the molecule is Nc1cn[nH]c1NC(=O)c1ccc(O)cc1F. The van der Waals surface area contributed by atoms with E-state index in [4.69, 9.17) is 10.8 Å². The lowest BCUT2D eigenvalue weighted by Crippen LogP contribution is -2.14. The number of nitrogens with zero attached hydrogens (tertiary/aromatic N) is 1. The first kappa shape index (κ1) is 10.9. The molecule has 17 heavy (non-hydrogen) atoms. The Morgan fingerprint density at radius 2 is 2.29 bits per heavy atom. The molecule has 2 rings (SSSR count). The Balaban J connectivity index is 2.23. The zero-order chi connectivity index (χ0) is 12.4. The molecule has 0 aliphatic carbocycles. The van der Waals surface area contributed by atoms with Crippen molar-refractivity contribution in [2.75, 3.05) is 11.1 Å². The van der Waals surface area contributed by atoms with Crippen LogP contribution in [0, 0.1) is 5.82 Å². The maximum absolute atomic E-state index is 13.4. The van der Waals surface area contributed by atoms with Gasteiger partial charge in [-0.2, -0.15) is 5.10 Å². The molecule has 0 fully saturated rings. The van der Waals surface area contributed by atoms with Gasteiger partial charge in [-0.3, -0.25) is 9.89 Å². The quantitative estimate of drug-likeness (QED) is 0.626. The van der Waals surface area contributed by atoms with Crippen molar-refractivity contribution in [3.63, 3.8) is 0 Å². The lowest BCUT2D eigenvalue weighted by atomic mass is 10.2. The number of halogens is 1. The Bertz CT molecular complexity index is 567. The van der Waals surface area contributed by atoms with E-state index in [1.54, 1.807) is 0 Å². The number of aromatic nitrogens is 2. The zero-order valence-corrected chi connectivity index (χ0v) is 8.57. The highest BCUT2D eigenvalue weighted by atomic mass is 19.1. The molecule has 5 N–H and O–H groups in total. The van der Waals surface area contributed by atoms with Crippen molar-refractivity contribution >= 4 is 17.4 Å². The van der Waals surface area contributed by atoms with Gasteiger partial charge < -0.3 is 16.2 Å². The molecular weight excluding hydrogens is 227 g/mol. The first-order chi connectivity index (χ1) is 8.08. The van der Waals surface area contributed by atoms with E-state index in [2.05, 4.69) is 15.5 Å². The van der Waals surface area contributed by atoms with Crippen LogP contribution in [0.15, 0.2) is 24.4 Å². The van der Waals surface area contributed by atoms with Gasteiger partial charge in [-0.25, -0.2) is 4.39 Å². The maximum atomic E-state index is 13.4. The van der Waals surface area contributed by atoms with Crippen LogP contribution in [0.2, 0.25) is 0 Å². The molecule has 1 amide bonds. The van der Waals surface area contributed by atoms with E-state index >= 15 is 0 Å². The average molecular weight is 236 g/mol. The Morgan fingerprint density at radius 3 is 2.88 bits per heavy atom. The molecule has 2 aromatic rings. The largest absolute Gasteiger partial charge is 0.508 e. The number of anilines is 2. The van der Waals surface area contributed by atoms with E-state index < -0.39 is 11.7 Å². The topological polar surface area (TPSA) is 104 Å². The van der Waals surface area contributed by atoms with Gasteiger partial charge in [-0.15, -0.1) is 0 Å². The third-order valence-electron chi connectivity index (χ3n) is 2.10. The van der Waals surface area contributed by atoms with Crippen molar-refractivity contribution < 1.29 is 14.3 Å². The number of phenolic OH excluding ortho intramolecular Hbond substituents is 1. The Hall–Kier alpha value is -2.57. The monoisotopic (exact) mass is 236 g/mol. The number of carbonyl (C=O) groups excluding carboxylic acids is 1. The predicted molar refractivity (Wildman–Crippen MR) is 59.0 cm³/mol. The molecule has 6 nitrogen and oxygen atoms in total. The molecule has 0 atom stereocenters. The molecule has 88 valence electrons. The summed E-state index contributed by atoms with van der Waals surface area (Å²) in [6.45, 7) is 0. The number of nitrogens with one attached hydrogen (secondary N) is 2. The Labute approximate surface area is 95.3 Å². The van der Waals surface area contributed by atoms with Gasteiger partial charge in [0.1, 0.15) is 11.6 Å². The van der Waals surface area contributed by atoms with Crippen molar-refractivity contribution in [1.29, 1.82) is 0 Å². The number of nitrogen functional groups attached to an aromatic ring is 1. The number of phenols is 1. The van der Waals surface area contributed by atoms with Crippen molar-refractivity contribution in [2.45, 2.75) is 0 Å². The number of benzene rings is 1. The first-order valence-corrected chi connectivity index (χ1v) is 4.66. The standard InChI is InChI=1S/C10H9FN4O2/c11-7-3-5(16)1-2-6(7)10(17)14-9-8(12)4-13-15-9/h1-4,16H,12H2,(H2,13,14,15,17). The van der Waals surface area contributed by atoms with E-state index in [9.17, 15) is 9.18 Å². The predicted octanol–water partition coefficient (Wildman–Crippen LogP) is 1.09. The summed E-state index contributed by atoms with van der Waals surface area (Å²) >= 11 is 0. The van der Waals surface area contributed by atoms with Gasteiger partial charge in [0.2, 0.25) is 0 Å². The van der Waals surface area contributed by atoms with Crippen molar-refractivity contribution in [3.05, 3.63) is 35.8 Å². The molecule has 0 bridgehead atoms. The number of hydrogen-bond donors (Lipinski definition) is 4. The van der Waals surface area contributed by atoms with Crippen molar-refractivity contribution in [2.24, 2.45) is 0 Å². The molecule has 0 radical (unpaired) electrons. The fourth-order valence-corrected chi connectivity index (χ4v) is 1.26. The van der Waals surface area contributed by atoms with E-state index in [1.807, 2.05) is 0 Å². The second kappa shape index (κ2) is 4.12. The van der Waals surface area contributed by atoms with Crippen LogP contribution in [0.5, 0.6) is 5.75 Å². The molecule has 0 saturated carbocycles. The van der Waals surface area contributed by atoms with Gasteiger partial charge in [0.05, 0.1) is 17.4 Å². The van der Waals surface area contributed by atoms with Crippen LogP contribution in [0.1, 0.15) is 10.4 Å². The third-order valence-corrected chi connectivity index (χ3v) is 2.10. The second-order valence-electron chi connectivity index (χ2n) is 3.32. The molecule has 0 aliphatic rings. The first-order valence-electron chi connectivity index (χ1n) is 4.66. The number of H-pyrrole nitrogens is 1. The number of aromatic hydroxyl groups is 1. The van der Waals surface area contributed by atoms with E-state index in [-0.39, 0.29) is 22.8 Å². The van der Waals surface area contributed by atoms with Gasteiger partial charge in [-0.1, -0.05) is 0 Å². The van der Waals surface area contributed by atoms with Crippen LogP contribution < -0.4 is 11.1 Å². The molecule has 1 aromatic heterocycles. The van der Waals surface area contributed by atoms with Crippen molar-refractivity contribution in [1.82, 2.24) is 10.2 Å². The number of nitrogens with two attached hydrogens (primary N) is 1. The lowest BCUT2D eigenvalue weighted by molar-refractivity contribution is 0.102. The van der Waals surface area contributed by atoms with E-state index in [1.165, 1.54) is 18.3 Å². The summed E-state index contributed by atoms with van der Waals surface area (Å²) in [5, 5.41) is 17.4. The smallest absolute Gasteiger partial charge is 0.259 e. The third kappa shape index (κ3) is 2.17. The fourth-order valence-electron chi connectivity index (χ4n) is 1.26. The van der Waals surface area contributed by atoms with Gasteiger partial charge in [0.25, 0.3) is 5.91 Å². The van der Waals surface area contributed by atoms with Crippen LogP contribution >= 0.6 is 0 Å². The summed E-state index contributed by atoms with van der Waals surface area (Å²) < 4.78 is 13.4. The van der Waals surface area contributed by atoms with Crippen LogP contribution in [-0.4, -0.2) is 21.2 Å². The molecule has 7 heteroatoms. The summed E-state index contributed by atoms with van der Waals surface area (Å²) in [7, 11) is 0. The summed E-state index contributed by atoms with van der Waals surface area (Å²) in [5.74, 6) is -1.55. The molecule has 1 aromatic carbocycles. The normalized spacial score (nSPS) is 10.2. The van der Waals surface area contributed by atoms with Gasteiger partial charge in [-0.05, 0) is 12.1 Å². The molecule has 0 saturated heterocycles. The molecule has 0 aliphatic heterocycles. The van der Waals surface area contributed by atoms with E-state index in [0.29, 0.717) is 0 Å². The summed E-state index contributed by atoms with van der Waals surface area (Å²) in [4.78, 5) is 11.7. The Morgan fingerprint density at radius 1 is 1.53 bits per heavy atom. The second-order valence-corrected chi connectivity index (χ2v) is 3.32. The lowest BCUT2D eigenvalue weighted by Gasteiger charge is -2.04. The van der Waals surface area contributed by atoms with Crippen LogP contribution in [0.25, 0.3) is 0 Å². The number of rotatable bonds is 2. The van der Waals surface area contributed by atoms with Crippen LogP contribution in [-0.2, 0) is 0 Å². The molecule has 0 unspecified atom stereocenters. The highest BCUT2D eigenvalue weighted by molar-refractivity contribution is 6.05. The minimum absolute atomic E-state index is 0.197.